The van der Waals surface area contributed by atoms with Crippen LogP contribution in [0.3, 0.4) is 0 Å². The van der Waals surface area contributed by atoms with Crippen molar-refractivity contribution < 1.29 is 17.5 Å². The average molecular weight is 464 g/mol. The molecule has 3 N–H and O–H groups in total. The summed E-state index contributed by atoms with van der Waals surface area (Å²) < 4.78 is 31.6. The molecule has 0 atom stereocenters. The summed E-state index contributed by atoms with van der Waals surface area (Å²) in [6.45, 7) is 2.28. The number of rotatable bonds is 11. The molecule has 2 aromatic heterocycles. The van der Waals surface area contributed by atoms with Crippen LogP contribution >= 0.6 is 0 Å². The fourth-order valence-corrected chi connectivity index (χ4v) is 3.23. The van der Waals surface area contributed by atoms with Crippen molar-refractivity contribution in [3.63, 3.8) is 0 Å². The number of unbranched alkanes of at least 4 members (excludes halogenated alkanes) is 9. The zero-order valence-electron chi connectivity index (χ0n) is 19.0. The first-order chi connectivity index (χ1) is 15.4. The van der Waals surface area contributed by atoms with E-state index in [0.717, 1.165) is 17.8 Å². The zero-order chi connectivity index (χ0) is 23.5. The fraction of sp³-hybridized carbons (Fsp3) is 0.500. The largest absolute Gasteiger partial charge is 0.394 e. The van der Waals surface area contributed by atoms with Crippen molar-refractivity contribution in [3.05, 3.63) is 60.8 Å². The third kappa shape index (κ3) is 16.4. The van der Waals surface area contributed by atoms with E-state index in [-0.39, 0.29) is 0 Å². The average Bonchev–Trinajstić information content (AvgIpc) is 3.28. The number of aryl methyl sites for hydroxylation is 1. The van der Waals surface area contributed by atoms with Gasteiger partial charge in [0.1, 0.15) is 5.82 Å². The van der Waals surface area contributed by atoms with E-state index in [4.69, 9.17) is 17.5 Å². The van der Waals surface area contributed by atoms with Crippen molar-refractivity contribution in [2.24, 2.45) is 0 Å². The van der Waals surface area contributed by atoms with Crippen LogP contribution in [0.5, 0.6) is 0 Å². The van der Waals surface area contributed by atoms with Crippen LogP contribution in [0.2, 0.25) is 0 Å². The molecule has 1 aromatic carbocycles. The topological polar surface area (TPSA) is 116 Å². The quantitative estimate of drug-likeness (QED) is 0.222. The van der Waals surface area contributed by atoms with Crippen molar-refractivity contribution >= 4 is 21.3 Å². The molecule has 7 nitrogen and oxygen atoms in total. The van der Waals surface area contributed by atoms with Gasteiger partial charge < -0.3 is 4.98 Å². The highest BCUT2D eigenvalue weighted by Crippen LogP contribution is 2.11. The number of para-hydroxylation sites is 1. The minimum atomic E-state index is -4.67. The minimum Gasteiger partial charge on any atom is -0.349 e. The summed E-state index contributed by atoms with van der Waals surface area (Å²) in [7, 11) is -4.67. The molecule has 0 bridgehead atoms. The zero-order valence-corrected chi connectivity index (χ0v) is 19.8. The molecule has 0 fully saturated rings. The summed E-state index contributed by atoms with van der Waals surface area (Å²) in [5.41, 5.74) is 1.06. The Morgan fingerprint density at radius 3 is 1.91 bits per heavy atom. The lowest BCUT2D eigenvalue weighted by Gasteiger charge is -2.01. The molecular weight excluding hydrogens is 426 g/mol. The molecule has 0 spiro atoms. The van der Waals surface area contributed by atoms with Crippen molar-refractivity contribution in [3.8, 4) is 0 Å². The molecule has 0 radical (unpaired) electrons. The standard InChI is InChI=1S/C15H28N2.C9H7N.H2O4S/c1-2-3-4-5-6-7-8-9-10-11-12-15-16-13-14-17-15;1-2-6-9-8(4-1)5-3-7-10-9;1-5(2,3)4/h13-14H,2-12H2,1H3,(H,16,17);1-7H;(H2,1,2,3,4). The summed E-state index contributed by atoms with van der Waals surface area (Å²) in [5, 5.41) is 1.20. The molecular formula is C24H37N3O4S. The van der Waals surface area contributed by atoms with Crippen molar-refractivity contribution in [1.82, 2.24) is 15.0 Å². The van der Waals surface area contributed by atoms with E-state index in [0.29, 0.717) is 0 Å². The van der Waals surface area contributed by atoms with Crippen LogP contribution in [0, 0.1) is 0 Å². The summed E-state index contributed by atoms with van der Waals surface area (Å²) >= 11 is 0. The third-order valence-corrected chi connectivity index (χ3v) is 4.83. The van der Waals surface area contributed by atoms with Gasteiger partial charge in [-0.2, -0.15) is 8.42 Å². The number of nitrogens with zero attached hydrogens (tertiary/aromatic N) is 2. The van der Waals surface area contributed by atoms with Crippen LogP contribution in [-0.2, 0) is 16.8 Å². The van der Waals surface area contributed by atoms with Crippen LogP contribution in [0.25, 0.3) is 10.9 Å². The number of aromatic amines is 1. The molecule has 0 saturated carbocycles. The van der Waals surface area contributed by atoms with E-state index in [1.165, 1.54) is 69.6 Å². The van der Waals surface area contributed by atoms with Crippen molar-refractivity contribution in [1.29, 1.82) is 0 Å². The summed E-state index contributed by atoms with van der Waals surface area (Å²) in [6.07, 6.45) is 20.7. The highest BCUT2D eigenvalue weighted by molar-refractivity contribution is 7.79. The number of aromatic nitrogens is 3. The van der Waals surface area contributed by atoms with Gasteiger partial charge in [0.15, 0.2) is 0 Å². The number of nitrogens with one attached hydrogen (secondary N) is 1. The Bertz CT molecular complexity index is 858. The lowest BCUT2D eigenvalue weighted by atomic mass is 10.1. The Morgan fingerprint density at radius 1 is 0.781 bits per heavy atom. The van der Waals surface area contributed by atoms with E-state index < -0.39 is 10.4 Å². The molecule has 0 aliphatic carbocycles. The third-order valence-electron chi connectivity index (χ3n) is 4.83. The number of imidazole rings is 1. The van der Waals surface area contributed by atoms with Crippen molar-refractivity contribution in [2.45, 2.75) is 77.6 Å². The maximum atomic E-state index is 8.74. The molecule has 0 saturated heterocycles. The van der Waals surface area contributed by atoms with Gasteiger partial charge in [-0.1, -0.05) is 89.0 Å². The van der Waals surface area contributed by atoms with Gasteiger partial charge in [-0.15, -0.1) is 0 Å². The Hall–Kier alpha value is -2.29. The summed E-state index contributed by atoms with van der Waals surface area (Å²) in [4.78, 5) is 11.6. The molecule has 3 rings (SSSR count). The first-order valence-corrected chi connectivity index (χ1v) is 12.8. The van der Waals surface area contributed by atoms with E-state index >= 15 is 0 Å². The lowest BCUT2D eigenvalue weighted by Crippen LogP contribution is -1.89. The molecule has 0 aliphatic rings. The molecule has 0 amide bonds. The second-order valence-corrected chi connectivity index (χ2v) is 8.51. The second kappa shape index (κ2) is 17.3. The van der Waals surface area contributed by atoms with Gasteiger partial charge in [-0.3, -0.25) is 14.1 Å². The van der Waals surface area contributed by atoms with Crippen molar-refractivity contribution in [2.75, 3.05) is 0 Å². The van der Waals surface area contributed by atoms with E-state index in [1.807, 2.05) is 42.9 Å². The van der Waals surface area contributed by atoms with Crippen LogP contribution in [0.4, 0.5) is 0 Å². The predicted octanol–water partition coefficient (Wildman–Crippen LogP) is 6.46. The number of fused-ring (bicyclic) bond motifs is 1. The Kier molecular flexibility index (Phi) is 15.0. The first-order valence-electron chi connectivity index (χ1n) is 11.4. The number of hydrogen-bond acceptors (Lipinski definition) is 4. The van der Waals surface area contributed by atoms with Crippen LogP contribution in [0.1, 0.15) is 77.0 Å². The van der Waals surface area contributed by atoms with Gasteiger partial charge in [0.05, 0.1) is 5.52 Å². The number of pyridine rings is 1. The van der Waals surface area contributed by atoms with E-state index in [1.54, 1.807) is 0 Å². The number of hydrogen-bond donors (Lipinski definition) is 3. The van der Waals surface area contributed by atoms with Gasteiger partial charge in [0.2, 0.25) is 0 Å². The second-order valence-electron chi connectivity index (χ2n) is 7.61. The Labute approximate surface area is 192 Å². The van der Waals surface area contributed by atoms with Gasteiger partial charge in [-0.25, -0.2) is 4.98 Å². The van der Waals surface area contributed by atoms with Gasteiger partial charge >= 0.3 is 10.4 Å². The number of benzene rings is 1. The maximum absolute atomic E-state index is 8.74. The first kappa shape index (κ1) is 27.7. The highest BCUT2D eigenvalue weighted by Gasteiger charge is 1.95. The smallest absolute Gasteiger partial charge is 0.349 e. The summed E-state index contributed by atoms with van der Waals surface area (Å²) in [5.74, 6) is 1.14. The lowest BCUT2D eigenvalue weighted by molar-refractivity contribution is 0.381. The predicted molar refractivity (Wildman–Crippen MR) is 130 cm³/mol. The van der Waals surface area contributed by atoms with Crippen LogP contribution in [-0.4, -0.2) is 32.5 Å². The molecule has 2 heterocycles. The molecule has 0 unspecified atom stereocenters. The molecule has 0 aliphatic heterocycles. The molecule has 8 heteroatoms. The molecule has 32 heavy (non-hydrogen) atoms. The number of H-pyrrole nitrogens is 1. The highest BCUT2D eigenvalue weighted by atomic mass is 32.3. The summed E-state index contributed by atoms with van der Waals surface area (Å²) in [6, 6.07) is 12.1. The minimum absolute atomic E-state index is 1.06. The monoisotopic (exact) mass is 463 g/mol. The molecule has 3 aromatic rings. The van der Waals surface area contributed by atoms with E-state index in [9.17, 15) is 0 Å². The molecule has 178 valence electrons. The normalized spacial score (nSPS) is 10.7. The SMILES string of the molecule is CCCCCCCCCCCCc1ncc[nH]1.O=S(=O)(O)O.c1ccc2ncccc2c1. The van der Waals surface area contributed by atoms with Gasteiger partial charge in [-0.05, 0) is 18.6 Å². The van der Waals surface area contributed by atoms with E-state index in [2.05, 4.69) is 34.0 Å². The Balaban J connectivity index is 0.000000285. The van der Waals surface area contributed by atoms with Crippen LogP contribution < -0.4 is 0 Å². The van der Waals surface area contributed by atoms with Crippen LogP contribution in [0.15, 0.2) is 55.0 Å². The van der Waals surface area contributed by atoms with Gasteiger partial charge in [0, 0.05) is 30.4 Å². The maximum Gasteiger partial charge on any atom is 0.394 e. The Morgan fingerprint density at radius 2 is 1.34 bits per heavy atom. The van der Waals surface area contributed by atoms with Gasteiger partial charge in [0.25, 0.3) is 0 Å². The fourth-order valence-electron chi connectivity index (χ4n) is 3.23.